The van der Waals surface area contributed by atoms with Crippen LogP contribution in [0.2, 0.25) is 0 Å². The van der Waals surface area contributed by atoms with Gasteiger partial charge in [0.2, 0.25) is 0 Å². The highest BCUT2D eigenvalue weighted by molar-refractivity contribution is 7.16. The summed E-state index contributed by atoms with van der Waals surface area (Å²) in [5.74, 6) is 0.213. The lowest BCUT2D eigenvalue weighted by atomic mass is 10.0. The van der Waals surface area contributed by atoms with E-state index >= 15 is 0 Å². The van der Waals surface area contributed by atoms with Crippen LogP contribution < -0.4 is 11.5 Å². The maximum absolute atomic E-state index is 12.6. The Morgan fingerprint density at radius 1 is 1.27 bits per heavy atom. The number of hydrogen-bond donors (Lipinski definition) is 3. The molecule has 4 heterocycles. The third-order valence-electron chi connectivity index (χ3n) is 5.10. The number of thiophene rings is 1. The standard InChI is InChI=1S/C19H22F3N7S/c20-19(21,22)7-14-6-15(17(24)30-14)16(23)27-13-1-3-29(4-2-13)10-11-5-12-9-26-28-18(12)25-8-11/h5-6,8-9,13H,1-4,7,10,24H2,(H2,23,27)(H,25,26,28). The van der Waals surface area contributed by atoms with Gasteiger partial charge in [0.1, 0.15) is 5.84 Å². The molecule has 0 atom stereocenters. The second-order valence-electron chi connectivity index (χ2n) is 7.46. The summed E-state index contributed by atoms with van der Waals surface area (Å²) in [6.07, 6.45) is -0.0342. The number of piperidine rings is 1. The summed E-state index contributed by atoms with van der Waals surface area (Å²) in [5, 5.41) is 8.08. The number of alkyl halides is 3. The van der Waals surface area contributed by atoms with Crippen LogP contribution in [0.15, 0.2) is 29.5 Å². The Kier molecular flexibility index (Phi) is 5.65. The highest BCUT2D eigenvalue weighted by Crippen LogP contribution is 2.31. The first-order valence-electron chi connectivity index (χ1n) is 9.56. The maximum Gasteiger partial charge on any atom is 0.393 e. The zero-order valence-electron chi connectivity index (χ0n) is 16.1. The van der Waals surface area contributed by atoms with Crippen molar-refractivity contribution in [3.63, 3.8) is 0 Å². The molecule has 5 N–H and O–H groups in total. The third-order valence-corrected chi connectivity index (χ3v) is 6.06. The molecule has 0 bridgehead atoms. The molecule has 11 heteroatoms. The monoisotopic (exact) mass is 437 g/mol. The number of nitrogen functional groups attached to an aromatic ring is 1. The molecule has 1 aliphatic rings. The van der Waals surface area contributed by atoms with Gasteiger partial charge in [-0.25, -0.2) is 4.98 Å². The number of amidine groups is 1. The number of aromatic nitrogens is 3. The van der Waals surface area contributed by atoms with Crippen molar-refractivity contribution >= 4 is 33.2 Å². The summed E-state index contributed by atoms with van der Waals surface area (Å²) < 4.78 is 37.8. The van der Waals surface area contributed by atoms with Gasteiger partial charge in [-0.3, -0.25) is 15.0 Å². The second-order valence-corrected chi connectivity index (χ2v) is 8.62. The van der Waals surface area contributed by atoms with Gasteiger partial charge in [-0.2, -0.15) is 18.3 Å². The first-order chi connectivity index (χ1) is 14.3. The molecule has 3 aromatic rings. The van der Waals surface area contributed by atoms with Crippen molar-refractivity contribution in [3.05, 3.63) is 40.5 Å². The molecular formula is C19H22F3N7S. The van der Waals surface area contributed by atoms with Crippen LogP contribution in [-0.4, -0.2) is 51.2 Å². The minimum absolute atomic E-state index is 0.0288. The molecule has 0 saturated carbocycles. The van der Waals surface area contributed by atoms with Gasteiger partial charge < -0.3 is 11.5 Å². The predicted octanol–water partition coefficient (Wildman–Crippen LogP) is 3.08. The molecule has 3 aromatic heterocycles. The van der Waals surface area contributed by atoms with Gasteiger partial charge in [0.15, 0.2) is 5.65 Å². The number of nitrogens with two attached hydrogens (primary N) is 2. The van der Waals surface area contributed by atoms with Crippen LogP contribution in [0.25, 0.3) is 11.0 Å². The average Bonchev–Trinajstić information content (AvgIpc) is 3.27. The van der Waals surface area contributed by atoms with E-state index in [2.05, 4.69) is 31.1 Å². The molecule has 4 rings (SSSR count). The highest BCUT2D eigenvalue weighted by atomic mass is 32.1. The molecule has 7 nitrogen and oxygen atoms in total. The van der Waals surface area contributed by atoms with E-state index in [-0.39, 0.29) is 21.8 Å². The maximum atomic E-state index is 12.6. The summed E-state index contributed by atoms with van der Waals surface area (Å²) in [4.78, 5) is 11.4. The van der Waals surface area contributed by atoms with Gasteiger partial charge >= 0.3 is 6.18 Å². The van der Waals surface area contributed by atoms with Crippen LogP contribution >= 0.6 is 11.3 Å². The molecule has 1 saturated heterocycles. The quantitative estimate of drug-likeness (QED) is 0.420. The number of hydrogen-bond acceptors (Lipinski definition) is 6. The summed E-state index contributed by atoms with van der Waals surface area (Å²) >= 11 is 0.911. The number of H-pyrrole nitrogens is 1. The molecule has 160 valence electrons. The van der Waals surface area contributed by atoms with Crippen molar-refractivity contribution in [1.29, 1.82) is 0 Å². The van der Waals surface area contributed by atoms with Gasteiger partial charge in [-0.15, -0.1) is 11.3 Å². The minimum atomic E-state index is -4.27. The van der Waals surface area contributed by atoms with Gasteiger partial charge in [-0.05, 0) is 30.5 Å². The lowest BCUT2D eigenvalue weighted by Gasteiger charge is -2.30. The number of nitrogens with zero attached hydrogens (tertiary/aromatic N) is 4. The molecule has 1 fully saturated rings. The summed E-state index contributed by atoms with van der Waals surface area (Å²) in [7, 11) is 0. The van der Waals surface area contributed by atoms with Crippen LogP contribution in [0.3, 0.4) is 0 Å². The Balaban J connectivity index is 1.35. The number of halogens is 3. The number of pyridine rings is 1. The Morgan fingerprint density at radius 2 is 2.03 bits per heavy atom. The number of aliphatic imine (C=N–C) groups is 1. The molecular weight excluding hydrogens is 415 g/mol. The molecule has 0 amide bonds. The molecule has 0 aromatic carbocycles. The van der Waals surface area contributed by atoms with Crippen LogP contribution in [0.1, 0.15) is 28.8 Å². The van der Waals surface area contributed by atoms with Crippen LogP contribution in [-0.2, 0) is 13.0 Å². The number of aromatic amines is 1. The Hall–Kier alpha value is -2.66. The topological polar surface area (TPSA) is 109 Å². The lowest BCUT2D eigenvalue weighted by molar-refractivity contribution is -0.126. The summed E-state index contributed by atoms with van der Waals surface area (Å²) in [5.41, 5.74) is 14.2. The molecule has 0 spiro atoms. The Labute approximate surface area is 175 Å². The predicted molar refractivity (Wildman–Crippen MR) is 111 cm³/mol. The minimum Gasteiger partial charge on any atom is -0.390 e. The van der Waals surface area contributed by atoms with Crippen LogP contribution in [0, 0.1) is 0 Å². The van der Waals surface area contributed by atoms with Gasteiger partial charge in [0, 0.05) is 36.1 Å². The highest BCUT2D eigenvalue weighted by Gasteiger charge is 2.29. The summed E-state index contributed by atoms with van der Waals surface area (Å²) in [6, 6.07) is 3.51. The second kappa shape index (κ2) is 8.23. The van der Waals surface area contributed by atoms with Gasteiger partial charge in [0.25, 0.3) is 0 Å². The van der Waals surface area contributed by atoms with E-state index in [0.29, 0.717) is 5.56 Å². The van der Waals surface area contributed by atoms with Crippen molar-refractivity contribution in [2.45, 2.75) is 38.0 Å². The third kappa shape index (κ3) is 4.90. The average molecular weight is 437 g/mol. The van der Waals surface area contributed by atoms with E-state index in [1.165, 1.54) is 6.07 Å². The molecule has 0 aliphatic carbocycles. The van der Waals surface area contributed by atoms with Crippen molar-refractivity contribution in [2.75, 3.05) is 18.8 Å². The number of fused-ring (bicyclic) bond motifs is 1. The van der Waals surface area contributed by atoms with Crippen molar-refractivity contribution in [2.24, 2.45) is 10.7 Å². The summed E-state index contributed by atoms with van der Waals surface area (Å²) in [6.45, 7) is 2.49. The zero-order chi connectivity index (χ0) is 21.3. The number of nitrogens with one attached hydrogen (secondary N) is 1. The van der Waals surface area contributed by atoms with E-state index in [0.717, 1.165) is 60.4 Å². The van der Waals surface area contributed by atoms with E-state index < -0.39 is 12.6 Å². The number of rotatable bonds is 5. The van der Waals surface area contributed by atoms with E-state index in [1.807, 2.05) is 6.20 Å². The van der Waals surface area contributed by atoms with Gasteiger partial charge in [0.05, 0.1) is 29.2 Å². The fourth-order valence-electron chi connectivity index (χ4n) is 3.64. The van der Waals surface area contributed by atoms with E-state index in [9.17, 15) is 13.2 Å². The largest absolute Gasteiger partial charge is 0.393 e. The smallest absolute Gasteiger partial charge is 0.390 e. The van der Waals surface area contributed by atoms with Crippen LogP contribution in [0.5, 0.6) is 0 Å². The fraction of sp³-hybridized carbons (Fsp3) is 0.421. The van der Waals surface area contributed by atoms with E-state index in [1.54, 1.807) is 6.20 Å². The fourth-order valence-corrected chi connectivity index (χ4v) is 4.61. The Morgan fingerprint density at radius 3 is 2.77 bits per heavy atom. The van der Waals surface area contributed by atoms with Crippen molar-refractivity contribution in [1.82, 2.24) is 20.1 Å². The normalized spacial score (nSPS) is 17.1. The molecule has 30 heavy (non-hydrogen) atoms. The van der Waals surface area contributed by atoms with Gasteiger partial charge in [-0.1, -0.05) is 0 Å². The zero-order valence-corrected chi connectivity index (χ0v) is 16.9. The van der Waals surface area contributed by atoms with Crippen molar-refractivity contribution < 1.29 is 13.2 Å². The number of anilines is 1. The molecule has 0 unspecified atom stereocenters. The first-order valence-corrected chi connectivity index (χ1v) is 10.4. The SMILES string of the molecule is NC(=NC1CCN(Cc2cnc3[nH]ncc3c2)CC1)c1cc(CC(F)(F)F)sc1N. The Bertz CT molecular complexity index is 1050. The van der Waals surface area contributed by atoms with Crippen LogP contribution in [0.4, 0.5) is 18.2 Å². The number of likely N-dealkylation sites (tertiary alicyclic amines) is 1. The molecule has 0 radical (unpaired) electrons. The lowest BCUT2D eigenvalue weighted by Crippen LogP contribution is -2.35. The van der Waals surface area contributed by atoms with E-state index in [4.69, 9.17) is 11.5 Å². The first kappa shape index (κ1) is 20.6. The van der Waals surface area contributed by atoms with Crippen molar-refractivity contribution in [3.8, 4) is 0 Å². The molecule has 1 aliphatic heterocycles.